The van der Waals surface area contributed by atoms with Crippen LogP contribution in [0, 0.1) is 17.2 Å². The minimum absolute atomic E-state index is 0.278. The highest BCUT2D eigenvalue weighted by Crippen LogP contribution is 2.24. The van der Waals surface area contributed by atoms with Crippen LogP contribution in [0.15, 0.2) is 35.7 Å². The van der Waals surface area contributed by atoms with E-state index < -0.39 is 0 Å². The molecule has 20 heavy (non-hydrogen) atoms. The SMILES string of the molecule is CC(C)C(NCc1cc(C#N)cs1)c1ccc(Cl)cc1. The Labute approximate surface area is 129 Å². The largest absolute Gasteiger partial charge is 0.305 e. The topological polar surface area (TPSA) is 35.8 Å². The highest BCUT2D eigenvalue weighted by Gasteiger charge is 2.15. The molecule has 4 heteroatoms. The van der Waals surface area contributed by atoms with Crippen LogP contribution in [0.3, 0.4) is 0 Å². The fourth-order valence-electron chi connectivity index (χ4n) is 2.15. The van der Waals surface area contributed by atoms with Gasteiger partial charge in [-0.25, -0.2) is 0 Å². The normalized spacial score (nSPS) is 12.3. The predicted molar refractivity (Wildman–Crippen MR) is 84.9 cm³/mol. The first-order valence-corrected chi connectivity index (χ1v) is 7.82. The Morgan fingerprint density at radius 2 is 2.00 bits per heavy atom. The van der Waals surface area contributed by atoms with Crippen molar-refractivity contribution in [3.63, 3.8) is 0 Å². The second-order valence-electron chi connectivity index (χ2n) is 5.07. The summed E-state index contributed by atoms with van der Waals surface area (Å²) in [4.78, 5) is 1.18. The highest BCUT2D eigenvalue weighted by atomic mass is 35.5. The molecule has 0 saturated heterocycles. The molecule has 2 nitrogen and oxygen atoms in total. The van der Waals surface area contributed by atoms with Crippen LogP contribution in [0.1, 0.15) is 35.9 Å². The summed E-state index contributed by atoms with van der Waals surface area (Å²) in [6.07, 6.45) is 0. The van der Waals surface area contributed by atoms with Crippen LogP contribution in [0.2, 0.25) is 5.02 Å². The maximum Gasteiger partial charge on any atom is 0.100 e. The minimum atomic E-state index is 0.278. The molecule has 0 amide bonds. The van der Waals surface area contributed by atoms with Crippen molar-refractivity contribution < 1.29 is 0 Å². The van der Waals surface area contributed by atoms with Crippen molar-refractivity contribution >= 4 is 22.9 Å². The molecule has 0 bridgehead atoms. The maximum atomic E-state index is 8.84. The molecule has 1 atom stereocenters. The van der Waals surface area contributed by atoms with E-state index in [0.717, 1.165) is 17.1 Å². The summed E-state index contributed by atoms with van der Waals surface area (Å²) in [5.41, 5.74) is 1.97. The van der Waals surface area contributed by atoms with Crippen LogP contribution >= 0.6 is 22.9 Å². The molecule has 0 saturated carbocycles. The van der Waals surface area contributed by atoms with E-state index in [0.29, 0.717) is 5.92 Å². The Hall–Kier alpha value is -1.34. The average Bonchev–Trinajstić information content (AvgIpc) is 2.88. The van der Waals surface area contributed by atoms with Gasteiger partial charge in [-0.2, -0.15) is 5.26 Å². The molecule has 2 rings (SSSR count). The second kappa shape index (κ2) is 6.90. The number of halogens is 1. The molecule has 0 radical (unpaired) electrons. The summed E-state index contributed by atoms with van der Waals surface area (Å²) >= 11 is 7.56. The molecule has 0 aliphatic rings. The van der Waals surface area contributed by atoms with E-state index in [4.69, 9.17) is 16.9 Å². The van der Waals surface area contributed by atoms with Crippen LogP contribution in [0.4, 0.5) is 0 Å². The fourth-order valence-corrected chi connectivity index (χ4v) is 3.04. The number of nitrogens with zero attached hydrogens (tertiary/aromatic N) is 1. The molecule has 1 unspecified atom stereocenters. The van der Waals surface area contributed by atoms with Gasteiger partial charge in [-0.3, -0.25) is 0 Å². The molecule has 1 aromatic carbocycles. The summed E-state index contributed by atoms with van der Waals surface area (Å²) in [6, 6.07) is 12.4. The summed E-state index contributed by atoms with van der Waals surface area (Å²) in [7, 11) is 0. The van der Waals surface area contributed by atoms with Gasteiger partial charge in [-0.1, -0.05) is 37.6 Å². The Balaban J connectivity index is 2.06. The first-order valence-electron chi connectivity index (χ1n) is 6.56. The van der Waals surface area contributed by atoms with Gasteiger partial charge in [-0.15, -0.1) is 11.3 Å². The zero-order valence-electron chi connectivity index (χ0n) is 11.6. The number of rotatable bonds is 5. The second-order valence-corrected chi connectivity index (χ2v) is 6.50. The Kier molecular flexibility index (Phi) is 5.19. The summed E-state index contributed by atoms with van der Waals surface area (Å²) in [6.45, 7) is 5.17. The van der Waals surface area contributed by atoms with E-state index in [1.165, 1.54) is 10.4 Å². The molecule has 1 N–H and O–H groups in total. The molecular weight excluding hydrogens is 288 g/mol. The molecule has 0 aliphatic heterocycles. The molecule has 0 spiro atoms. The first kappa shape index (κ1) is 15.1. The van der Waals surface area contributed by atoms with Crippen molar-refractivity contribution in [1.82, 2.24) is 5.32 Å². The Morgan fingerprint density at radius 3 is 2.55 bits per heavy atom. The van der Waals surface area contributed by atoms with E-state index in [2.05, 4.69) is 37.4 Å². The summed E-state index contributed by atoms with van der Waals surface area (Å²) in [5, 5.41) is 15.1. The summed E-state index contributed by atoms with van der Waals surface area (Å²) < 4.78 is 0. The van der Waals surface area contributed by atoms with Gasteiger partial charge in [0.25, 0.3) is 0 Å². The van der Waals surface area contributed by atoms with Crippen LogP contribution < -0.4 is 5.32 Å². The molecule has 1 aromatic heterocycles. The Morgan fingerprint density at radius 1 is 1.30 bits per heavy atom. The molecule has 104 valence electrons. The Bertz CT molecular complexity index is 596. The van der Waals surface area contributed by atoms with Crippen molar-refractivity contribution in [3.8, 4) is 6.07 Å². The van der Waals surface area contributed by atoms with Gasteiger partial charge in [0.1, 0.15) is 6.07 Å². The minimum Gasteiger partial charge on any atom is -0.305 e. The fraction of sp³-hybridized carbons (Fsp3) is 0.312. The number of nitriles is 1. The van der Waals surface area contributed by atoms with E-state index in [9.17, 15) is 0 Å². The van der Waals surface area contributed by atoms with Gasteiger partial charge in [0.2, 0.25) is 0 Å². The van der Waals surface area contributed by atoms with Crippen LogP contribution in [0.25, 0.3) is 0 Å². The summed E-state index contributed by atoms with van der Waals surface area (Å²) in [5.74, 6) is 0.478. The van der Waals surface area contributed by atoms with E-state index >= 15 is 0 Å². The van der Waals surface area contributed by atoms with Crippen LogP contribution in [-0.2, 0) is 6.54 Å². The van der Waals surface area contributed by atoms with Crippen molar-refractivity contribution in [2.24, 2.45) is 5.92 Å². The van der Waals surface area contributed by atoms with E-state index in [1.54, 1.807) is 11.3 Å². The molecule has 0 fully saturated rings. The van der Waals surface area contributed by atoms with Crippen LogP contribution in [0.5, 0.6) is 0 Å². The third-order valence-corrected chi connectivity index (χ3v) is 4.36. The van der Waals surface area contributed by atoms with Gasteiger partial charge in [0, 0.05) is 27.9 Å². The molecule has 1 heterocycles. The standard InChI is InChI=1S/C16H17ClN2S/c1-11(2)16(13-3-5-14(17)6-4-13)19-9-15-7-12(8-18)10-20-15/h3-7,10-11,16,19H,9H2,1-2H3. The van der Waals surface area contributed by atoms with Gasteiger partial charge in [-0.05, 0) is 29.7 Å². The lowest BCUT2D eigenvalue weighted by molar-refractivity contribution is 0.412. The molecule has 0 aliphatic carbocycles. The van der Waals surface area contributed by atoms with E-state index in [1.807, 2.05) is 23.6 Å². The maximum absolute atomic E-state index is 8.84. The lowest BCUT2D eigenvalue weighted by Crippen LogP contribution is -2.25. The number of thiophene rings is 1. The van der Waals surface area contributed by atoms with E-state index in [-0.39, 0.29) is 6.04 Å². The van der Waals surface area contributed by atoms with Gasteiger partial charge in [0.15, 0.2) is 0 Å². The van der Waals surface area contributed by atoms with Gasteiger partial charge < -0.3 is 5.32 Å². The third kappa shape index (κ3) is 3.83. The smallest absolute Gasteiger partial charge is 0.100 e. The number of hydrogen-bond acceptors (Lipinski definition) is 3. The first-order chi connectivity index (χ1) is 9.60. The monoisotopic (exact) mass is 304 g/mol. The zero-order chi connectivity index (χ0) is 14.5. The lowest BCUT2D eigenvalue weighted by Gasteiger charge is -2.22. The van der Waals surface area contributed by atoms with Crippen molar-refractivity contribution in [1.29, 1.82) is 5.26 Å². The van der Waals surface area contributed by atoms with Crippen molar-refractivity contribution in [2.45, 2.75) is 26.4 Å². The zero-order valence-corrected chi connectivity index (χ0v) is 13.1. The number of nitrogens with one attached hydrogen (secondary N) is 1. The molecule has 2 aromatic rings. The van der Waals surface area contributed by atoms with Gasteiger partial charge in [0.05, 0.1) is 5.56 Å². The highest BCUT2D eigenvalue weighted by molar-refractivity contribution is 7.10. The van der Waals surface area contributed by atoms with Gasteiger partial charge >= 0.3 is 0 Å². The quantitative estimate of drug-likeness (QED) is 0.864. The predicted octanol–water partition coefficient (Wildman–Crippen LogP) is 4.76. The van der Waals surface area contributed by atoms with Crippen molar-refractivity contribution in [3.05, 3.63) is 56.7 Å². The average molecular weight is 305 g/mol. The van der Waals surface area contributed by atoms with Crippen molar-refractivity contribution in [2.75, 3.05) is 0 Å². The number of benzene rings is 1. The number of hydrogen-bond donors (Lipinski definition) is 1. The van der Waals surface area contributed by atoms with Crippen LogP contribution in [-0.4, -0.2) is 0 Å². The lowest BCUT2D eigenvalue weighted by atomic mass is 9.96. The third-order valence-electron chi connectivity index (χ3n) is 3.17. The molecular formula is C16H17ClN2S.